The SMILES string of the molecule is CCn1cnc2c1c(=O)n(CC(=O)NNC(=O)COc1ccccc1F)c(=O)n2Cc1ccccc1. The summed E-state index contributed by atoms with van der Waals surface area (Å²) >= 11 is 0. The molecular weight excluding hydrogens is 471 g/mol. The highest BCUT2D eigenvalue weighted by molar-refractivity contribution is 5.82. The maximum Gasteiger partial charge on any atom is 0.333 e. The van der Waals surface area contributed by atoms with Crippen molar-refractivity contribution < 1.29 is 18.7 Å². The molecule has 0 aliphatic carbocycles. The third kappa shape index (κ3) is 5.17. The van der Waals surface area contributed by atoms with Gasteiger partial charge in [0, 0.05) is 6.54 Å². The molecule has 0 atom stereocenters. The number of aromatic nitrogens is 4. The molecule has 36 heavy (non-hydrogen) atoms. The Hall–Kier alpha value is -4.74. The zero-order chi connectivity index (χ0) is 25.7. The molecule has 0 saturated heterocycles. The van der Waals surface area contributed by atoms with Crippen molar-refractivity contribution in [2.45, 2.75) is 26.6 Å². The molecular formula is C24H23FN6O5. The number of hydrogen-bond acceptors (Lipinski definition) is 6. The van der Waals surface area contributed by atoms with Crippen LogP contribution in [0.4, 0.5) is 4.39 Å². The Morgan fingerprint density at radius 3 is 2.39 bits per heavy atom. The summed E-state index contributed by atoms with van der Waals surface area (Å²) in [7, 11) is 0. The lowest BCUT2D eigenvalue weighted by molar-refractivity contribution is -0.130. The van der Waals surface area contributed by atoms with Gasteiger partial charge in [-0.3, -0.25) is 29.8 Å². The molecule has 0 fully saturated rings. The van der Waals surface area contributed by atoms with Gasteiger partial charge in [0.15, 0.2) is 29.3 Å². The number of ether oxygens (including phenoxy) is 1. The molecule has 0 saturated carbocycles. The number of imidazole rings is 1. The van der Waals surface area contributed by atoms with Crippen molar-refractivity contribution in [3.8, 4) is 5.75 Å². The smallest absolute Gasteiger partial charge is 0.333 e. The van der Waals surface area contributed by atoms with Crippen LogP contribution in [0.25, 0.3) is 11.2 Å². The van der Waals surface area contributed by atoms with E-state index in [2.05, 4.69) is 15.8 Å². The second kappa shape index (κ2) is 10.7. The first kappa shape index (κ1) is 24.4. The van der Waals surface area contributed by atoms with Crippen LogP contribution < -0.4 is 26.8 Å². The van der Waals surface area contributed by atoms with Crippen molar-refractivity contribution in [3.63, 3.8) is 0 Å². The highest BCUT2D eigenvalue weighted by Gasteiger charge is 2.20. The van der Waals surface area contributed by atoms with E-state index in [0.717, 1.165) is 10.1 Å². The summed E-state index contributed by atoms with van der Waals surface area (Å²) < 4.78 is 22.4. The number of rotatable bonds is 8. The van der Waals surface area contributed by atoms with Crippen LogP contribution in [0.1, 0.15) is 12.5 Å². The number of benzene rings is 2. The number of fused-ring (bicyclic) bond motifs is 1. The molecule has 2 heterocycles. The number of halogens is 1. The van der Waals surface area contributed by atoms with Crippen molar-refractivity contribution in [2.75, 3.05) is 6.61 Å². The first-order valence-corrected chi connectivity index (χ1v) is 11.1. The fraction of sp³-hybridized carbons (Fsp3) is 0.208. The second-order valence-corrected chi connectivity index (χ2v) is 7.76. The Labute approximate surface area is 203 Å². The molecule has 12 heteroatoms. The molecule has 2 aromatic carbocycles. The number of carbonyl (C=O) groups excluding carboxylic acids is 2. The van der Waals surface area contributed by atoms with Crippen LogP contribution in [-0.4, -0.2) is 37.1 Å². The van der Waals surface area contributed by atoms with Crippen LogP contribution in [-0.2, 0) is 29.2 Å². The van der Waals surface area contributed by atoms with E-state index in [0.29, 0.717) is 6.54 Å². The van der Waals surface area contributed by atoms with E-state index in [1.54, 1.807) is 10.6 Å². The van der Waals surface area contributed by atoms with Crippen molar-refractivity contribution in [1.82, 2.24) is 29.5 Å². The molecule has 0 unspecified atom stereocenters. The van der Waals surface area contributed by atoms with Gasteiger partial charge >= 0.3 is 5.69 Å². The van der Waals surface area contributed by atoms with Gasteiger partial charge in [-0.1, -0.05) is 42.5 Å². The van der Waals surface area contributed by atoms with Crippen molar-refractivity contribution in [3.05, 3.63) is 93.1 Å². The number of hydrogen-bond donors (Lipinski definition) is 2. The Balaban J connectivity index is 1.52. The fourth-order valence-electron chi connectivity index (χ4n) is 3.59. The monoisotopic (exact) mass is 494 g/mol. The Bertz CT molecular complexity index is 1530. The average molecular weight is 494 g/mol. The van der Waals surface area contributed by atoms with Gasteiger partial charge in [-0.05, 0) is 24.6 Å². The number of aryl methyl sites for hydroxylation is 1. The summed E-state index contributed by atoms with van der Waals surface area (Å²) in [5.41, 5.74) is 4.05. The third-order valence-corrected chi connectivity index (χ3v) is 5.35. The van der Waals surface area contributed by atoms with Crippen molar-refractivity contribution >= 4 is 23.0 Å². The van der Waals surface area contributed by atoms with Crippen molar-refractivity contribution in [1.29, 1.82) is 0 Å². The summed E-state index contributed by atoms with van der Waals surface area (Å²) in [5, 5.41) is 0. The van der Waals surface area contributed by atoms with Crippen LogP contribution in [0, 0.1) is 5.82 Å². The van der Waals surface area contributed by atoms with E-state index in [1.807, 2.05) is 37.3 Å². The number of carbonyl (C=O) groups is 2. The standard InChI is InChI=1S/C24H23FN6O5/c1-2-29-15-26-22-21(29)23(34)31(24(35)30(22)12-16-8-4-3-5-9-16)13-19(32)27-28-20(33)14-36-18-11-7-6-10-17(18)25/h3-11,15H,2,12-14H2,1H3,(H,27,32)(H,28,33). The molecule has 4 rings (SSSR count). The zero-order valence-corrected chi connectivity index (χ0v) is 19.3. The molecule has 2 aromatic heterocycles. The van der Waals surface area contributed by atoms with Crippen LogP contribution in [0.5, 0.6) is 5.75 Å². The molecule has 0 radical (unpaired) electrons. The van der Waals surface area contributed by atoms with Gasteiger partial charge < -0.3 is 9.30 Å². The number of nitrogens with zero attached hydrogens (tertiary/aromatic N) is 4. The minimum Gasteiger partial charge on any atom is -0.481 e. The topological polar surface area (TPSA) is 129 Å². The maximum absolute atomic E-state index is 13.6. The Morgan fingerprint density at radius 2 is 1.67 bits per heavy atom. The van der Waals surface area contributed by atoms with E-state index in [9.17, 15) is 23.6 Å². The predicted molar refractivity (Wildman–Crippen MR) is 128 cm³/mol. The summed E-state index contributed by atoms with van der Waals surface area (Å²) in [4.78, 5) is 55.1. The highest BCUT2D eigenvalue weighted by Crippen LogP contribution is 2.14. The van der Waals surface area contributed by atoms with Gasteiger partial charge in [-0.15, -0.1) is 0 Å². The molecule has 0 spiro atoms. The second-order valence-electron chi connectivity index (χ2n) is 7.76. The fourth-order valence-corrected chi connectivity index (χ4v) is 3.59. The van der Waals surface area contributed by atoms with Crippen LogP contribution in [0.2, 0.25) is 0 Å². The lowest BCUT2D eigenvalue weighted by Gasteiger charge is -2.13. The van der Waals surface area contributed by atoms with Gasteiger partial charge in [0.2, 0.25) is 0 Å². The largest absolute Gasteiger partial charge is 0.481 e. The first-order chi connectivity index (χ1) is 17.4. The van der Waals surface area contributed by atoms with Crippen molar-refractivity contribution in [2.24, 2.45) is 0 Å². The lowest BCUT2D eigenvalue weighted by Crippen LogP contribution is -2.49. The summed E-state index contributed by atoms with van der Waals surface area (Å²) in [6, 6.07) is 14.7. The number of nitrogens with one attached hydrogen (secondary N) is 2. The number of hydrazine groups is 1. The minimum absolute atomic E-state index is 0.120. The molecule has 2 N–H and O–H groups in total. The van der Waals surface area contributed by atoms with Gasteiger partial charge in [0.1, 0.15) is 6.54 Å². The summed E-state index contributed by atoms with van der Waals surface area (Å²) in [5.74, 6) is -2.34. The normalized spacial score (nSPS) is 10.8. The van der Waals surface area contributed by atoms with Gasteiger partial charge in [0.05, 0.1) is 12.9 Å². The van der Waals surface area contributed by atoms with Gasteiger partial charge in [0.25, 0.3) is 17.4 Å². The number of amides is 2. The van der Waals surface area contributed by atoms with Crippen LogP contribution >= 0.6 is 0 Å². The summed E-state index contributed by atoms with van der Waals surface area (Å²) in [6.07, 6.45) is 1.47. The van der Waals surface area contributed by atoms with Crippen LogP contribution in [0.15, 0.2) is 70.5 Å². The predicted octanol–water partition coefficient (Wildman–Crippen LogP) is 0.793. The Morgan fingerprint density at radius 1 is 0.972 bits per heavy atom. The van der Waals surface area contributed by atoms with E-state index < -0.39 is 42.0 Å². The highest BCUT2D eigenvalue weighted by atomic mass is 19.1. The van der Waals surface area contributed by atoms with E-state index in [-0.39, 0.29) is 23.5 Å². The zero-order valence-electron chi connectivity index (χ0n) is 19.3. The lowest BCUT2D eigenvalue weighted by atomic mass is 10.2. The van der Waals surface area contributed by atoms with Gasteiger partial charge in [-0.2, -0.15) is 0 Å². The maximum atomic E-state index is 13.6. The molecule has 4 aromatic rings. The summed E-state index contributed by atoms with van der Waals surface area (Å²) in [6.45, 7) is 1.18. The van der Waals surface area contributed by atoms with Crippen LogP contribution in [0.3, 0.4) is 0 Å². The molecule has 11 nitrogen and oxygen atoms in total. The Kier molecular flexibility index (Phi) is 7.23. The molecule has 0 aliphatic rings. The minimum atomic E-state index is -0.818. The molecule has 0 bridgehead atoms. The first-order valence-electron chi connectivity index (χ1n) is 11.1. The molecule has 0 aliphatic heterocycles. The molecule has 2 amide bonds. The third-order valence-electron chi connectivity index (χ3n) is 5.35. The van der Waals surface area contributed by atoms with Gasteiger partial charge in [-0.25, -0.2) is 18.7 Å². The average Bonchev–Trinajstić information content (AvgIpc) is 3.32. The number of para-hydroxylation sites is 1. The van der Waals surface area contributed by atoms with E-state index >= 15 is 0 Å². The van der Waals surface area contributed by atoms with E-state index in [1.165, 1.54) is 29.1 Å². The van der Waals surface area contributed by atoms with E-state index in [4.69, 9.17) is 4.74 Å². The molecule has 186 valence electrons. The quantitative estimate of drug-likeness (QED) is 0.349.